The molecule has 1 unspecified atom stereocenters. The van der Waals surface area contributed by atoms with Crippen LogP contribution in [0.2, 0.25) is 5.02 Å². The van der Waals surface area contributed by atoms with Crippen LogP contribution in [0.3, 0.4) is 0 Å². The lowest BCUT2D eigenvalue weighted by molar-refractivity contribution is -0.122. The van der Waals surface area contributed by atoms with E-state index in [1.165, 1.54) is 18.2 Å². The third kappa shape index (κ3) is 6.06. The molecule has 2 amide bonds. The van der Waals surface area contributed by atoms with Crippen molar-refractivity contribution in [1.29, 1.82) is 0 Å². The van der Waals surface area contributed by atoms with Crippen LogP contribution in [0, 0.1) is 12.7 Å². The van der Waals surface area contributed by atoms with Crippen molar-refractivity contribution in [1.82, 2.24) is 0 Å². The minimum atomic E-state index is -0.680. The number of hydrogen-bond acceptors (Lipinski definition) is 3. The number of halogens is 2. The van der Waals surface area contributed by atoms with Crippen LogP contribution in [0.25, 0.3) is 0 Å². The molecular formula is C24H22ClFN2O3. The molecule has 0 aromatic heterocycles. The van der Waals surface area contributed by atoms with Gasteiger partial charge >= 0.3 is 0 Å². The second kappa shape index (κ2) is 10.1. The van der Waals surface area contributed by atoms with Crippen LogP contribution in [-0.4, -0.2) is 17.9 Å². The quantitative estimate of drug-likeness (QED) is 0.485. The van der Waals surface area contributed by atoms with Gasteiger partial charge in [0.05, 0.1) is 5.02 Å². The first-order valence-corrected chi connectivity index (χ1v) is 10.1. The predicted octanol–water partition coefficient (Wildman–Crippen LogP) is 5.84. The van der Waals surface area contributed by atoms with Gasteiger partial charge in [0.25, 0.3) is 11.8 Å². The van der Waals surface area contributed by atoms with Gasteiger partial charge in [0, 0.05) is 16.9 Å². The molecular weight excluding hydrogens is 419 g/mol. The fraction of sp³-hybridized carbons (Fsp3) is 0.167. The van der Waals surface area contributed by atoms with Crippen LogP contribution >= 0.6 is 11.6 Å². The molecule has 0 saturated heterocycles. The minimum Gasteiger partial charge on any atom is -0.481 e. The lowest BCUT2D eigenvalue weighted by Gasteiger charge is -2.18. The maximum Gasteiger partial charge on any atom is 0.265 e. The van der Waals surface area contributed by atoms with Gasteiger partial charge in [-0.05, 0) is 67.4 Å². The number of nitrogens with one attached hydrogen (secondary N) is 2. The number of ether oxygens (including phenoxy) is 1. The topological polar surface area (TPSA) is 67.4 Å². The molecule has 0 aliphatic rings. The molecule has 0 heterocycles. The first-order chi connectivity index (χ1) is 14.9. The van der Waals surface area contributed by atoms with Crippen LogP contribution in [0.5, 0.6) is 5.75 Å². The molecule has 31 heavy (non-hydrogen) atoms. The van der Waals surface area contributed by atoms with Crippen molar-refractivity contribution in [3.63, 3.8) is 0 Å². The summed E-state index contributed by atoms with van der Waals surface area (Å²) in [6, 6.07) is 17.9. The summed E-state index contributed by atoms with van der Waals surface area (Å²) in [5.74, 6) is -0.676. The Balaban J connectivity index is 1.67. The van der Waals surface area contributed by atoms with Gasteiger partial charge in [-0.25, -0.2) is 4.39 Å². The van der Waals surface area contributed by atoms with Crippen molar-refractivity contribution in [3.8, 4) is 5.75 Å². The van der Waals surface area contributed by atoms with Gasteiger partial charge in [-0.3, -0.25) is 9.59 Å². The van der Waals surface area contributed by atoms with E-state index in [-0.39, 0.29) is 10.9 Å². The van der Waals surface area contributed by atoms with Gasteiger partial charge < -0.3 is 15.4 Å². The van der Waals surface area contributed by atoms with Crippen molar-refractivity contribution in [2.45, 2.75) is 26.4 Å². The summed E-state index contributed by atoms with van der Waals surface area (Å²) in [5, 5.41) is 5.35. The van der Waals surface area contributed by atoms with Gasteiger partial charge in [-0.15, -0.1) is 0 Å². The second-order valence-corrected chi connectivity index (χ2v) is 7.39. The zero-order valence-electron chi connectivity index (χ0n) is 17.1. The molecule has 1 atom stereocenters. The average Bonchev–Trinajstić information content (AvgIpc) is 2.74. The molecule has 0 aliphatic heterocycles. The van der Waals surface area contributed by atoms with E-state index in [9.17, 15) is 14.0 Å². The van der Waals surface area contributed by atoms with Gasteiger partial charge in [0.15, 0.2) is 6.10 Å². The monoisotopic (exact) mass is 440 g/mol. The highest BCUT2D eigenvalue weighted by Gasteiger charge is 2.19. The normalized spacial score (nSPS) is 11.5. The van der Waals surface area contributed by atoms with E-state index >= 15 is 0 Å². The third-order valence-corrected chi connectivity index (χ3v) is 4.79. The lowest BCUT2D eigenvalue weighted by Crippen LogP contribution is -2.32. The van der Waals surface area contributed by atoms with E-state index in [0.29, 0.717) is 29.1 Å². The highest BCUT2D eigenvalue weighted by molar-refractivity contribution is 6.31. The van der Waals surface area contributed by atoms with Crippen molar-refractivity contribution in [3.05, 3.63) is 88.7 Å². The second-order valence-electron chi connectivity index (χ2n) is 6.98. The molecule has 3 aromatic carbocycles. The third-order valence-electron chi connectivity index (χ3n) is 4.50. The summed E-state index contributed by atoms with van der Waals surface area (Å²) in [5.41, 5.74) is 2.18. The molecule has 0 radical (unpaired) electrons. The summed E-state index contributed by atoms with van der Waals surface area (Å²) in [6.45, 7) is 3.81. The molecule has 0 spiro atoms. The number of benzene rings is 3. The Labute approximate surface area is 185 Å². The summed E-state index contributed by atoms with van der Waals surface area (Å²) < 4.78 is 19.1. The van der Waals surface area contributed by atoms with Crippen molar-refractivity contribution < 1.29 is 18.7 Å². The van der Waals surface area contributed by atoms with Crippen LogP contribution in [-0.2, 0) is 4.79 Å². The van der Waals surface area contributed by atoms with E-state index < -0.39 is 17.8 Å². The van der Waals surface area contributed by atoms with Gasteiger partial charge in [0.2, 0.25) is 0 Å². The molecule has 0 bridgehead atoms. The van der Waals surface area contributed by atoms with E-state index in [1.54, 1.807) is 30.3 Å². The number of carbonyl (C=O) groups is 2. The number of rotatable bonds is 7. The van der Waals surface area contributed by atoms with Crippen LogP contribution < -0.4 is 15.4 Å². The first-order valence-electron chi connectivity index (χ1n) is 9.76. The number of aryl methyl sites for hydroxylation is 1. The van der Waals surface area contributed by atoms with E-state index in [0.717, 1.165) is 5.56 Å². The molecule has 160 valence electrons. The van der Waals surface area contributed by atoms with E-state index in [2.05, 4.69) is 10.6 Å². The molecule has 2 N–H and O–H groups in total. The van der Waals surface area contributed by atoms with Crippen LogP contribution in [0.15, 0.2) is 66.7 Å². The maximum absolute atomic E-state index is 13.3. The number of amides is 2. The molecule has 3 aromatic rings. The minimum absolute atomic E-state index is 0.0852. The Morgan fingerprint density at radius 3 is 2.45 bits per heavy atom. The number of carbonyl (C=O) groups excluding carboxylic acids is 2. The maximum atomic E-state index is 13.3. The summed E-state index contributed by atoms with van der Waals surface area (Å²) in [6.07, 6.45) is -0.203. The summed E-state index contributed by atoms with van der Waals surface area (Å²) in [4.78, 5) is 25.2. The zero-order chi connectivity index (χ0) is 22.4. The molecule has 7 heteroatoms. The molecule has 5 nitrogen and oxygen atoms in total. The van der Waals surface area contributed by atoms with Gasteiger partial charge in [-0.2, -0.15) is 0 Å². The molecule has 3 rings (SSSR count). The zero-order valence-corrected chi connectivity index (χ0v) is 17.9. The fourth-order valence-electron chi connectivity index (χ4n) is 2.91. The summed E-state index contributed by atoms with van der Waals surface area (Å²) in [7, 11) is 0. The van der Waals surface area contributed by atoms with Crippen molar-refractivity contribution in [2.75, 3.05) is 10.6 Å². The number of hydrogen-bond donors (Lipinski definition) is 2. The SMILES string of the molecule is CCC(Oc1cccc(C)c1)C(=O)Nc1cccc(C(=O)Nc2ccc(F)c(Cl)c2)c1. The van der Waals surface area contributed by atoms with E-state index in [1.807, 2.05) is 32.0 Å². The van der Waals surface area contributed by atoms with Crippen molar-refractivity contribution in [2.24, 2.45) is 0 Å². The van der Waals surface area contributed by atoms with E-state index in [4.69, 9.17) is 16.3 Å². The largest absolute Gasteiger partial charge is 0.481 e. The average molecular weight is 441 g/mol. The Bertz CT molecular complexity index is 1100. The predicted molar refractivity (Wildman–Crippen MR) is 120 cm³/mol. The standard InChI is InChI=1S/C24H22ClFN2O3/c1-3-22(31-19-9-4-6-15(2)12-19)24(30)28-17-8-5-7-16(13-17)23(29)27-18-10-11-21(26)20(25)14-18/h4-14,22H,3H2,1-2H3,(H,27,29)(H,28,30). The Kier molecular flexibility index (Phi) is 7.26. The van der Waals surface area contributed by atoms with Crippen molar-refractivity contribution >= 4 is 34.8 Å². The first kappa shape index (κ1) is 22.3. The lowest BCUT2D eigenvalue weighted by atomic mass is 10.1. The Hall–Kier alpha value is -3.38. The van der Waals surface area contributed by atoms with Crippen LogP contribution in [0.4, 0.5) is 15.8 Å². The van der Waals surface area contributed by atoms with Crippen LogP contribution in [0.1, 0.15) is 29.3 Å². The summed E-state index contributed by atoms with van der Waals surface area (Å²) >= 11 is 5.75. The van der Waals surface area contributed by atoms with Gasteiger partial charge in [-0.1, -0.05) is 36.7 Å². The Morgan fingerprint density at radius 1 is 1.00 bits per heavy atom. The highest BCUT2D eigenvalue weighted by Crippen LogP contribution is 2.21. The fourth-order valence-corrected chi connectivity index (χ4v) is 3.09. The van der Waals surface area contributed by atoms with Gasteiger partial charge in [0.1, 0.15) is 11.6 Å². The Morgan fingerprint density at radius 2 is 1.74 bits per heavy atom. The number of anilines is 2. The smallest absolute Gasteiger partial charge is 0.265 e. The highest BCUT2D eigenvalue weighted by atomic mass is 35.5. The molecule has 0 fully saturated rings. The molecule has 0 saturated carbocycles. The molecule has 0 aliphatic carbocycles.